The predicted molar refractivity (Wildman–Crippen MR) is 120 cm³/mol. The van der Waals surface area contributed by atoms with Crippen molar-refractivity contribution >= 4 is 11.8 Å². The quantitative estimate of drug-likeness (QED) is 0.475. The molecule has 0 fully saturated rings. The third-order valence-corrected chi connectivity index (χ3v) is 4.84. The molecule has 33 heavy (non-hydrogen) atoms. The van der Waals surface area contributed by atoms with Crippen molar-refractivity contribution in [2.75, 3.05) is 13.7 Å². The van der Waals surface area contributed by atoms with Crippen LogP contribution in [0.5, 0.6) is 17.2 Å². The number of carbonyl (C=O) groups excluding carboxylic acids is 2. The van der Waals surface area contributed by atoms with Crippen molar-refractivity contribution < 1.29 is 28.3 Å². The van der Waals surface area contributed by atoms with E-state index in [0.717, 1.165) is 17.7 Å². The molecule has 0 bridgehead atoms. The summed E-state index contributed by atoms with van der Waals surface area (Å²) in [7, 11) is 1.50. The standard InChI is InChI=1S/C24H27N3O6/c1-5-11-31-21-10-9-18(13-22(21)30-4)24(29)26-25-23(28)17-7-6-8-19(12-17)32-14-20-15(2)27-33-16(20)3/h6-10,12-13H,5,11,14H2,1-4H3,(H,25,28)(H,26,29). The highest BCUT2D eigenvalue weighted by Crippen LogP contribution is 2.28. The van der Waals surface area contributed by atoms with Crippen LogP contribution >= 0.6 is 0 Å². The van der Waals surface area contributed by atoms with Gasteiger partial charge < -0.3 is 18.7 Å². The number of aryl methyl sites for hydroxylation is 2. The number of ether oxygens (including phenoxy) is 3. The minimum absolute atomic E-state index is 0.267. The Labute approximate surface area is 192 Å². The Kier molecular flexibility index (Phi) is 7.91. The van der Waals surface area contributed by atoms with Crippen LogP contribution in [-0.4, -0.2) is 30.7 Å². The fraction of sp³-hybridized carbons (Fsp3) is 0.292. The Balaban J connectivity index is 1.59. The summed E-state index contributed by atoms with van der Waals surface area (Å²) in [5, 5.41) is 3.89. The molecule has 9 heteroatoms. The van der Waals surface area contributed by atoms with Gasteiger partial charge in [0, 0.05) is 11.1 Å². The van der Waals surface area contributed by atoms with E-state index in [1.807, 2.05) is 20.8 Å². The van der Waals surface area contributed by atoms with Gasteiger partial charge in [0.15, 0.2) is 11.5 Å². The maximum atomic E-state index is 12.5. The maximum Gasteiger partial charge on any atom is 0.269 e. The van der Waals surface area contributed by atoms with Crippen LogP contribution in [-0.2, 0) is 6.61 Å². The van der Waals surface area contributed by atoms with Crippen LogP contribution in [0, 0.1) is 13.8 Å². The number of carbonyl (C=O) groups is 2. The number of amides is 2. The Hall–Kier alpha value is -4.01. The monoisotopic (exact) mass is 453 g/mol. The van der Waals surface area contributed by atoms with E-state index >= 15 is 0 Å². The first-order valence-electron chi connectivity index (χ1n) is 10.5. The van der Waals surface area contributed by atoms with E-state index < -0.39 is 11.8 Å². The van der Waals surface area contributed by atoms with Crippen LogP contribution in [0.15, 0.2) is 47.0 Å². The molecule has 174 valence electrons. The number of benzene rings is 2. The minimum Gasteiger partial charge on any atom is -0.493 e. The number of nitrogens with zero attached hydrogens (tertiary/aromatic N) is 1. The Bertz CT molecular complexity index is 1110. The maximum absolute atomic E-state index is 12.5. The molecule has 0 aliphatic heterocycles. The average molecular weight is 453 g/mol. The molecular weight excluding hydrogens is 426 g/mol. The van der Waals surface area contributed by atoms with Gasteiger partial charge in [-0.05, 0) is 56.7 Å². The van der Waals surface area contributed by atoms with Crippen molar-refractivity contribution in [2.24, 2.45) is 0 Å². The van der Waals surface area contributed by atoms with E-state index in [-0.39, 0.29) is 6.61 Å². The molecule has 0 unspecified atom stereocenters. The minimum atomic E-state index is -0.491. The Morgan fingerprint density at radius 1 is 0.970 bits per heavy atom. The second-order valence-electron chi connectivity index (χ2n) is 7.24. The van der Waals surface area contributed by atoms with Gasteiger partial charge in [0.25, 0.3) is 11.8 Å². The smallest absolute Gasteiger partial charge is 0.269 e. The summed E-state index contributed by atoms with van der Waals surface area (Å²) in [6.07, 6.45) is 0.851. The molecule has 0 atom stereocenters. The molecule has 1 heterocycles. The average Bonchev–Trinajstić information content (AvgIpc) is 3.16. The van der Waals surface area contributed by atoms with E-state index in [1.165, 1.54) is 7.11 Å². The van der Waals surface area contributed by atoms with Gasteiger partial charge in [-0.1, -0.05) is 18.1 Å². The van der Waals surface area contributed by atoms with Crippen molar-refractivity contribution in [2.45, 2.75) is 33.8 Å². The number of aromatic nitrogens is 1. The lowest BCUT2D eigenvalue weighted by Crippen LogP contribution is -2.41. The third-order valence-electron chi connectivity index (χ3n) is 4.84. The molecule has 1 aromatic heterocycles. The van der Waals surface area contributed by atoms with Crippen molar-refractivity contribution in [3.05, 3.63) is 70.6 Å². The first-order chi connectivity index (χ1) is 15.9. The zero-order valence-electron chi connectivity index (χ0n) is 19.1. The normalized spacial score (nSPS) is 10.4. The highest BCUT2D eigenvalue weighted by Gasteiger charge is 2.14. The summed E-state index contributed by atoms with van der Waals surface area (Å²) in [5.74, 6) is 1.20. The molecule has 2 amide bonds. The summed E-state index contributed by atoms with van der Waals surface area (Å²) in [6.45, 7) is 6.45. The van der Waals surface area contributed by atoms with Gasteiger partial charge in [-0.15, -0.1) is 0 Å². The molecule has 0 saturated carbocycles. The zero-order chi connectivity index (χ0) is 23.8. The topological polar surface area (TPSA) is 112 Å². The van der Waals surface area contributed by atoms with Crippen LogP contribution in [0.4, 0.5) is 0 Å². The van der Waals surface area contributed by atoms with Gasteiger partial charge >= 0.3 is 0 Å². The van der Waals surface area contributed by atoms with Crippen LogP contribution in [0.25, 0.3) is 0 Å². The van der Waals surface area contributed by atoms with Crippen molar-refractivity contribution in [3.8, 4) is 17.2 Å². The van der Waals surface area contributed by atoms with Gasteiger partial charge in [0.05, 0.1) is 25.0 Å². The molecule has 0 saturated heterocycles. The van der Waals surface area contributed by atoms with Gasteiger partial charge in [-0.2, -0.15) is 0 Å². The third kappa shape index (κ3) is 6.03. The van der Waals surface area contributed by atoms with Gasteiger partial charge in [0.2, 0.25) is 0 Å². The lowest BCUT2D eigenvalue weighted by Gasteiger charge is -2.12. The predicted octanol–water partition coefficient (Wildman–Crippen LogP) is 3.74. The van der Waals surface area contributed by atoms with Gasteiger partial charge in [-0.25, -0.2) is 0 Å². The number of rotatable bonds is 9. The largest absolute Gasteiger partial charge is 0.493 e. The van der Waals surface area contributed by atoms with Gasteiger partial charge in [-0.3, -0.25) is 20.4 Å². The fourth-order valence-corrected chi connectivity index (χ4v) is 2.99. The van der Waals surface area contributed by atoms with E-state index in [4.69, 9.17) is 18.7 Å². The van der Waals surface area contributed by atoms with Crippen LogP contribution < -0.4 is 25.1 Å². The molecule has 9 nitrogen and oxygen atoms in total. The highest BCUT2D eigenvalue weighted by molar-refractivity contribution is 5.99. The number of hydrogen-bond acceptors (Lipinski definition) is 7. The van der Waals surface area contributed by atoms with Crippen LogP contribution in [0.2, 0.25) is 0 Å². The number of nitrogens with one attached hydrogen (secondary N) is 2. The molecule has 0 radical (unpaired) electrons. The molecule has 0 spiro atoms. The summed E-state index contributed by atoms with van der Waals surface area (Å²) in [5.41, 5.74) is 7.07. The summed E-state index contributed by atoms with van der Waals surface area (Å²) >= 11 is 0. The molecule has 2 N–H and O–H groups in total. The number of hydrogen-bond donors (Lipinski definition) is 2. The molecule has 0 aliphatic carbocycles. The lowest BCUT2D eigenvalue weighted by atomic mass is 10.2. The van der Waals surface area contributed by atoms with Crippen molar-refractivity contribution in [1.29, 1.82) is 0 Å². The summed E-state index contributed by atoms with van der Waals surface area (Å²) in [4.78, 5) is 25.0. The van der Waals surface area contributed by atoms with E-state index in [0.29, 0.717) is 40.7 Å². The van der Waals surface area contributed by atoms with Gasteiger partial charge in [0.1, 0.15) is 18.1 Å². The Morgan fingerprint density at radius 3 is 2.33 bits per heavy atom. The molecule has 3 rings (SSSR count). The molecular formula is C24H27N3O6. The summed E-state index contributed by atoms with van der Waals surface area (Å²) in [6, 6.07) is 11.4. The number of methoxy groups -OCH3 is 1. The molecule has 2 aromatic carbocycles. The van der Waals surface area contributed by atoms with Crippen molar-refractivity contribution in [1.82, 2.24) is 16.0 Å². The first-order valence-corrected chi connectivity index (χ1v) is 10.5. The summed E-state index contributed by atoms with van der Waals surface area (Å²) < 4.78 is 21.8. The Morgan fingerprint density at radius 2 is 1.70 bits per heavy atom. The molecule has 0 aliphatic rings. The second kappa shape index (κ2) is 11.0. The van der Waals surface area contributed by atoms with Crippen molar-refractivity contribution in [3.63, 3.8) is 0 Å². The van der Waals surface area contributed by atoms with E-state index in [9.17, 15) is 9.59 Å². The fourth-order valence-electron chi connectivity index (χ4n) is 2.99. The van der Waals surface area contributed by atoms with E-state index in [1.54, 1.807) is 42.5 Å². The lowest BCUT2D eigenvalue weighted by molar-refractivity contribution is 0.0846. The van der Waals surface area contributed by atoms with Crippen LogP contribution in [0.3, 0.4) is 0 Å². The number of hydrazine groups is 1. The highest BCUT2D eigenvalue weighted by atomic mass is 16.5. The zero-order valence-corrected chi connectivity index (χ0v) is 19.1. The molecule has 3 aromatic rings. The first kappa shape index (κ1) is 23.6. The van der Waals surface area contributed by atoms with Crippen LogP contribution in [0.1, 0.15) is 51.1 Å². The SMILES string of the molecule is CCCOc1ccc(C(=O)NNC(=O)c2cccc(OCc3c(C)noc3C)c2)cc1OC. The second-order valence-corrected chi connectivity index (χ2v) is 7.24. The van der Waals surface area contributed by atoms with E-state index in [2.05, 4.69) is 16.0 Å².